The van der Waals surface area contributed by atoms with Crippen molar-refractivity contribution in [2.24, 2.45) is 0 Å². The van der Waals surface area contributed by atoms with Crippen LogP contribution in [-0.4, -0.2) is 47.3 Å². The average Bonchev–Trinajstić information content (AvgIpc) is 2.78. The van der Waals surface area contributed by atoms with Crippen LogP contribution in [0, 0.1) is 5.82 Å². The normalized spacial score (nSPS) is 14.7. The van der Waals surface area contributed by atoms with Gasteiger partial charge in [-0.2, -0.15) is 5.10 Å². The molecule has 0 spiro atoms. The van der Waals surface area contributed by atoms with Gasteiger partial charge in [0.05, 0.1) is 16.6 Å². The first-order valence-electron chi connectivity index (χ1n) is 10.3. The van der Waals surface area contributed by atoms with E-state index < -0.39 is 11.8 Å². The van der Waals surface area contributed by atoms with E-state index in [1.54, 1.807) is 18.2 Å². The first-order valence-corrected chi connectivity index (χ1v) is 10.3. The number of benzene rings is 2. The summed E-state index contributed by atoms with van der Waals surface area (Å²) < 4.78 is 19.6. The van der Waals surface area contributed by atoms with E-state index >= 15 is 0 Å². The molecule has 0 atom stereocenters. The number of fused-ring (bicyclic) bond motifs is 1. The van der Waals surface area contributed by atoms with Gasteiger partial charge in [0.25, 0.3) is 5.56 Å². The highest BCUT2D eigenvalue weighted by Gasteiger charge is 2.17. The van der Waals surface area contributed by atoms with Gasteiger partial charge in [0.15, 0.2) is 0 Å². The molecular weight excluding hydrogens is 385 g/mol. The number of nitrogens with zero attached hydrogens (tertiary/aromatic N) is 2. The van der Waals surface area contributed by atoms with Gasteiger partial charge in [-0.3, -0.25) is 9.69 Å². The van der Waals surface area contributed by atoms with Crippen molar-refractivity contribution in [3.63, 3.8) is 0 Å². The van der Waals surface area contributed by atoms with Gasteiger partial charge >= 0.3 is 5.97 Å². The van der Waals surface area contributed by atoms with Gasteiger partial charge in [-0.15, -0.1) is 0 Å². The largest absolute Gasteiger partial charge is 0.461 e. The number of aromatic nitrogens is 2. The van der Waals surface area contributed by atoms with Gasteiger partial charge in [0, 0.05) is 18.4 Å². The van der Waals surface area contributed by atoms with Crippen LogP contribution in [0.2, 0.25) is 0 Å². The van der Waals surface area contributed by atoms with Crippen LogP contribution in [-0.2, 0) is 11.2 Å². The quantitative estimate of drug-likeness (QED) is 0.633. The molecule has 7 heteroatoms. The van der Waals surface area contributed by atoms with Crippen molar-refractivity contribution in [2.45, 2.75) is 25.7 Å². The van der Waals surface area contributed by atoms with E-state index in [9.17, 15) is 14.0 Å². The number of H-pyrrole nitrogens is 1. The maximum atomic E-state index is 14.3. The van der Waals surface area contributed by atoms with Crippen molar-refractivity contribution < 1.29 is 13.9 Å². The number of piperidine rings is 1. The zero-order valence-corrected chi connectivity index (χ0v) is 16.7. The summed E-state index contributed by atoms with van der Waals surface area (Å²) in [4.78, 5) is 26.6. The molecule has 0 saturated carbocycles. The summed E-state index contributed by atoms with van der Waals surface area (Å²) in [6.45, 7) is 2.94. The molecule has 1 aliphatic rings. The van der Waals surface area contributed by atoms with Gasteiger partial charge in [-0.05, 0) is 49.7 Å². The zero-order valence-electron chi connectivity index (χ0n) is 16.7. The SMILES string of the molecule is O=C(OCCN1CCCCC1)c1cc(Cc2n[nH]c(=O)c3ccccc23)ccc1F. The summed E-state index contributed by atoms with van der Waals surface area (Å²) in [5.41, 5.74) is 1.02. The second kappa shape index (κ2) is 9.17. The van der Waals surface area contributed by atoms with Gasteiger partial charge in [0.1, 0.15) is 12.4 Å². The van der Waals surface area contributed by atoms with E-state index in [0.717, 1.165) is 31.3 Å². The number of hydrogen-bond acceptors (Lipinski definition) is 5. The molecule has 6 nitrogen and oxygen atoms in total. The third-order valence-electron chi connectivity index (χ3n) is 5.49. The van der Waals surface area contributed by atoms with Gasteiger partial charge in [-0.1, -0.05) is 30.7 Å². The van der Waals surface area contributed by atoms with E-state index in [-0.39, 0.29) is 17.7 Å². The Balaban J connectivity index is 1.47. The Morgan fingerprint density at radius 1 is 1.10 bits per heavy atom. The number of esters is 1. The lowest BCUT2D eigenvalue weighted by molar-refractivity contribution is 0.0447. The van der Waals surface area contributed by atoms with Gasteiger partial charge < -0.3 is 4.74 Å². The molecular formula is C23H24FN3O3. The highest BCUT2D eigenvalue weighted by molar-refractivity contribution is 5.90. The van der Waals surface area contributed by atoms with Crippen molar-refractivity contribution in [1.82, 2.24) is 15.1 Å². The number of carbonyl (C=O) groups excluding carboxylic acids is 1. The van der Waals surface area contributed by atoms with Crippen LogP contribution in [0.3, 0.4) is 0 Å². The fourth-order valence-corrected chi connectivity index (χ4v) is 3.87. The van der Waals surface area contributed by atoms with Crippen molar-refractivity contribution in [1.29, 1.82) is 0 Å². The minimum absolute atomic E-state index is 0.0834. The van der Waals surface area contributed by atoms with Gasteiger partial charge in [0.2, 0.25) is 0 Å². The monoisotopic (exact) mass is 409 g/mol. The van der Waals surface area contributed by atoms with Crippen molar-refractivity contribution >= 4 is 16.7 Å². The molecule has 0 radical (unpaired) electrons. The average molecular weight is 409 g/mol. The summed E-state index contributed by atoms with van der Waals surface area (Å²) in [5.74, 6) is -1.27. The van der Waals surface area contributed by atoms with Gasteiger partial charge in [-0.25, -0.2) is 14.3 Å². The topological polar surface area (TPSA) is 75.3 Å². The summed E-state index contributed by atoms with van der Waals surface area (Å²) in [6.07, 6.45) is 3.93. The van der Waals surface area contributed by atoms with Crippen LogP contribution in [0.1, 0.15) is 40.9 Å². The Morgan fingerprint density at radius 3 is 2.67 bits per heavy atom. The molecule has 2 aromatic carbocycles. The van der Waals surface area contributed by atoms with E-state index in [0.29, 0.717) is 29.6 Å². The number of likely N-dealkylation sites (tertiary alicyclic amines) is 1. The number of ether oxygens (including phenoxy) is 1. The molecule has 1 fully saturated rings. The molecule has 3 aromatic rings. The Hall–Kier alpha value is -3.06. The Labute approximate surface area is 173 Å². The van der Waals surface area contributed by atoms with E-state index in [2.05, 4.69) is 15.1 Å². The lowest BCUT2D eigenvalue weighted by Crippen LogP contribution is -2.33. The van der Waals surface area contributed by atoms with Crippen molar-refractivity contribution in [3.05, 3.63) is 75.5 Å². The number of carbonyl (C=O) groups is 1. The Morgan fingerprint density at radius 2 is 1.87 bits per heavy atom. The molecule has 1 saturated heterocycles. The molecule has 30 heavy (non-hydrogen) atoms. The Kier molecular flexibility index (Phi) is 6.18. The molecule has 1 aromatic heterocycles. The smallest absolute Gasteiger partial charge is 0.341 e. The molecule has 0 amide bonds. The second-order valence-electron chi connectivity index (χ2n) is 7.57. The molecule has 0 bridgehead atoms. The summed E-state index contributed by atoms with van der Waals surface area (Å²) in [6, 6.07) is 11.6. The lowest BCUT2D eigenvalue weighted by Gasteiger charge is -2.25. The van der Waals surface area contributed by atoms with E-state index in [1.165, 1.54) is 18.6 Å². The fraction of sp³-hybridized carbons (Fsp3) is 0.348. The summed E-state index contributed by atoms with van der Waals surface area (Å²) in [7, 11) is 0. The summed E-state index contributed by atoms with van der Waals surface area (Å²) in [5, 5.41) is 7.92. The molecule has 2 heterocycles. The fourth-order valence-electron chi connectivity index (χ4n) is 3.87. The van der Waals surface area contributed by atoms with E-state index in [4.69, 9.17) is 4.74 Å². The minimum atomic E-state index is -0.661. The third-order valence-corrected chi connectivity index (χ3v) is 5.49. The predicted molar refractivity (Wildman–Crippen MR) is 112 cm³/mol. The maximum Gasteiger partial charge on any atom is 0.341 e. The number of rotatable bonds is 6. The molecule has 156 valence electrons. The van der Waals surface area contributed by atoms with Crippen LogP contribution < -0.4 is 5.56 Å². The molecule has 1 aliphatic heterocycles. The first-order chi connectivity index (χ1) is 14.6. The van der Waals surface area contributed by atoms with Crippen molar-refractivity contribution in [3.8, 4) is 0 Å². The number of halogens is 1. The molecule has 4 rings (SSSR count). The molecule has 0 aliphatic carbocycles. The van der Waals surface area contributed by atoms with Crippen LogP contribution in [0.4, 0.5) is 4.39 Å². The zero-order chi connectivity index (χ0) is 20.9. The second-order valence-corrected chi connectivity index (χ2v) is 7.57. The van der Waals surface area contributed by atoms with Crippen LogP contribution in [0.15, 0.2) is 47.3 Å². The maximum absolute atomic E-state index is 14.3. The highest BCUT2D eigenvalue weighted by atomic mass is 19.1. The standard InChI is InChI=1S/C23H24FN3O3/c24-20-9-8-16(15-21-17-6-2-3-7-18(17)22(28)26-25-21)14-19(20)23(29)30-13-12-27-10-4-1-5-11-27/h2-3,6-9,14H,1,4-5,10-13,15H2,(H,26,28). The van der Waals surface area contributed by atoms with Crippen LogP contribution in [0.25, 0.3) is 10.8 Å². The summed E-state index contributed by atoms with van der Waals surface area (Å²) >= 11 is 0. The number of aromatic amines is 1. The number of hydrogen-bond donors (Lipinski definition) is 1. The Bertz CT molecular complexity index is 1110. The third kappa shape index (κ3) is 4.57. The highest BCUT2D eigenvalue weighted by Crippen LogP contribution is 2.19. The van der Waals surface area contributed by atoms with Crippen LogP contribution in [0.5, 0.6) is 0 Å². The van der Waals surface area contributed by atoms with Crippen molar-refractivity contribution in [2.75, 3.05) is 26.2 Å². The van der Waals surface area contributed by atoms with Crippen LogP contribution >= 0.6 is 0 Å². The van der Waals surface area contributed by atoms with E-state index in [1.807, 2.05) is 12.1 Å². The minimum Gasteiger partial charge on any atom is -0.461 e. The molecule has 0 unspecified atom stereocenters. The molecule has 1 N–H and O–H groups in total. The predicted octanol–water partition coefficient (Wildman–Crippen LogP) is 3.30. The lowest BCUT2D eigenvalue weighted by atomic mass is 10.0. The first kappa shape index (κ1) is 20.2. The number of nitrogens with one attached hydrogen (secondary N) is 1.